The predicted molar refractivity (Wildman–Crippen MR) is 136 cm³/mol. The van der Waals surface area contributed by atoms with Gasteiger partial charge in [0.25, 0.3) is 0 Å². The van der Waals surface area contributed by atoms with E-state index in [1.807, 2.05) is 6.20 Å². The molecule has 2 N–H and O–H groups in total. The van der Waals surface area contributed by atoms with Crippen LogP contribution in [0.3, 0.4) is 0 Å². The van der Waals surface area contributed by atoms with Crippen molar-refractivity contribution in [2.24, 2.45) is 17.3 Å². The van der Waals surface area contributed by atoms with Crippen LogP contribution in [0.1, 0.15) is 69.6 Å². The van der Waals surface area contributed by atoms with Crippen LogP contribution in [0.4, 0.5) is 0 Å². The van der Waals surface area contributed by atoms with E-state index in [0.29, 0.717) is 11.8 Å². The van der Waals surface area contributed by atoms with Crippen LogP contribution >= 0.6 is 0 Å². The van der Waals surface area contributed by atoms with Gasteiger partial charge in [-0.3, -0.25) is 0 Å². The number of aromatic nitrogens is 1. The Morgan fingerprint density at radius 2 is 1.76 bits per heavy atom. The first-order valence-corrected chi connectivity index (χ1v) is 12.3. The summed E-state index contributed by atoms with van der Waals surface area (Å²) in [5, 5.41) is 22.0. The first kappa shape index (κ1) is 27.0. The van der Waals surface area contributed by atoms with Gasteiger partial charge in [-0.1, -0.05) is 59.7 Å². The smallest absolute Gasteiger partial charge is 0.0646 e. The zero-order valence-corrected chi connectivity index (χ0v) is 23.6. The fourth-order valence-corrected chi connectivity index (χ4v) is 5.90. The Kier molecular flexibility index (Phi) is 8.41. The number of aliphatic hydroxyl groups is 2. The molecule has 0 bridgehead atoms. The molecule has 2 saturated carbocycles. The maximum Gasteiger partial charge on any atom is 0.0646 e. The number of benzene rings is 2. The largest absolute Gasteiger partial charge is 0.393 e. The SMILES string of the molecule is CC1(C)CC2CCC(O)C2C1O.Cc1[c-]c(-c2nccc3cc(C(C)C)ccc23)cc(C)c1.[Ir]. The number of aliphatic hydroxyl groups excluding tert-OH is 2. The average Bonchev–Trinajstić information content (AvgIpc) is 3.22. The summed E-state index contributed by atoms with van der Waals surface area (Å²) in [5.74, 6) is 1.28. The first-order chi connectivity index (χ1) is 15.6. The standard InChI is InChI=1S/C20H20N.C10H18O2.Ir/c1-13(2)16-5-6-19-17(12-16)7-8-21-20(19)18-10-14(3)9-15(4)11-18;1-10(2)5-6-3-4-7(11)8(6)9(10)12;/h5-10,12-13H,1-4H3;6-9,11-12H,3-5H2,1-2H3;/q-1;;. The predicted octanol–water partition coefficient (Wildman–Crippen LogP) is 6.60. The summed E-state index contributed by atoms with van der Waals surface area (Å²) in [4.78, 5) is 4.60. The van der Waals surface area contributed by atoms with Gasteiger partial charge in [0.1, 0.15) is 0 Å². The molecule has 0 aliphatic heterocycles. The van der Waals surface area contributed by atoms with Gasteiger partial charge in [-0.25, -0.2) is 0 Å². The van der Waals surface area contributed by atoms with Crippen molar-refractivity contribution in [2.75, 3.05) is 0 Å². The minimum absolute atomic E-state index is 0. The van der Waals surface area contributed by atoms with E-state index in [1.54, 1.807) is 0 Å². The third-order valence-corrected chi connectivity index (χ3v) is 7.63. The van der Waals surface area contributed by atoms with Crippen molar-refractivity contribution in [2.45, 2.75) is 78.9 Å². The number of hydrogen-bond donors (Lipinski definition) is 2. The van der Waals surface area contributed by atoms with Crippen LogP contribution in [-0.2, 0) is 20.1 Å². The Labute approximate surface area is 218 Å². The van der Waals surface area contributed by atoms with Crippen molar-refractivity contribution in [1.29, 1.82) is 0 Å². The van der Waals surface area contributed by atoms with Gasteiger partial charge in [0.2, 0.25) is 0 Å². The molecule has 3 nitrogen and oxygen atoms in total. The van der Waals surface area contributed by atoms with E-state index >= 15 is 0 Å². The minimum atomic E-state index is -0.292. The number of aryl methyl sites for hydroxylation is 2. The second-order valence-corrected chi connectivity index (χ2v) is 11.2. The molecule has 1 radical (unpaired) electrons. The number of fused-ring (bicyclic) bond motifs is 2. The summed E-state index contributed by atoms with van der Waals surface area (Å²) in [6, 6.07) is 16.5. The summed E-state index contributed by atoms with van der Waals surface area (Å²) in [6.45, 7) is 12.8. The minimum Gasteiger partial charge on any atom is -0.393 e. The van der Waals surface area contributed by atoms with Gasteiger partial charge in [-0.2, -0.15) is 0 Å². The molecule has 5 rings (SSSR count). The molecule has 34 heavy (non-hydrogen) atoms. The van der Waals surface area contributed by atoms with Crippen LogP contribution in [0.2, 0.25) is 0 Å². The molecule has 4 unspecified atom stereocenters. The van der Waals surface area contributed by atoms with Crippen molar-refractivity contribution in [3.05, 3.63) is 65.4 Å². The molecule has 2 aliphatic rings. The third kappa shape index (κ3) is 5.46. The Morgan fingerprint density at radius 1 is 1.03 bits per heavy atom. The Morgan fingerprint density at radius 3 is 2.41 bits per heavy atom. The van der Waals surface area contributed by atoms with Crippen LogP contribution < -0.4 is 0 Å². The second kappa shape index (κ2) is 10.6. The molecular weight excluding hydrogens is 599 g/mol. The second-order valence-electron chi connectivity index (χ2n) is 11.2. The number of nitrogens with zero attached hydrogens (tertiary/aromatic N) is 1. The zero-order chi connectivity index (χ0) is 23.9. The molecule has 2 aliphatic carbocycles. The van der Waals surface area contributed by atoms with Crippen LogP contribution in [0.25, 0.3) is 22.0 Å². The Bertz CT molecular complexity index is 1120. The first-order valence-electron chi connectivity index (χ1n) is 12.3. The van der Waals surface area contributed by atoms with E-state index in [-0.39, 0.29) is 43.6 Å². The Hall–Kier alpha value is -1.58. The normalized spacial score (nSPS) is 25.0. The van der Waals surface area contributed by atoms with Crippen molar-refractivity contribution < 1.29 is 30.3 Å². The monoisotopic (exact) mass is 637 g/mol. The third-order valence-electron chi connectivity index (χ3n) is 7.63. The zero-order valence-electron chi connectivity index (χ0n) is 21.2. The van der Waals surface area contributed by atoms with E-state index in [0.717, 1.165) is 36.1 Å². The molecular formula is C30H38IrNO2-. The molecule has 1 aromatic heterocycles. The van der Waals surface area contributed by atoms with E-state index in [1.165, 1.54) is 21.9 Å². The van der Waals surface area contributed by atoms with Crippen molar-refractivity contribution in [3.8, 4) is 11.3 Å². The fraction of sp³-hybridized carbons (Fsp3) is 0.500. The summed E-state index contributed by atoms with van der Waals surface area (Å²) in [5.41, 5.74) is 5.90. The van der Waals surface area contributed by atoms with Gasteiger partial charge in [-0.05, 0) is 64.6 Å². The number of hydrogen-bond acceptors (Lipinski definition) is 3. The van der Waals surface area contributed by atoms with Gasteiger partial charge in [0, 0.05) is 32.2 Å². The molecule has 2 aromatic carbocycles. The van der Waals surface area contributed by atoms with Crippen molar-refractivity contribution in [1.82, 2.24) is 4.98 Å². The molecule has 2 fully saturated rings. The molecule has 0 saturated heterocycles. The van der Waals surface area contributed by atoms with Crippen molar-refractivity contribution >= 4 is 10.8 Å². The molecule has 1 heterocycles. The molecule has 185 valence electrons. The maximum absolute atomic E-state index is 9.94. The van der Waals surface area contributed by atoms with Gasteiger partial charge in [0.15, 0.2) is 0 Å². The van der Waals surface area contributed by atoms with E-state index in [9.17, 15) is 10.2 Å². The van der Waals surface area contributed by atoms with Crippen LogP contribution in [0, 0.1) is 37.2 Å². The average molecular weight is 637 g/mol. The van der Waals surface area contributed by atoms with E-state index < -0.39 is 0 Å². The molecule has 0 amide bonds. The van der Waals surface area contributed by atoms with Crippen LogP contribution in [0.15, 0.2) is 42.6 Å². The van der Waals surface area contributed by atoms with Gasteiger partial charge in [-0.15, -0.1) is 34.9 Å². The number of pyridine rings is 1. The van der Waals surface area contributed by atoms with Gasteiger partial charge >= 0.3 is 0 Å². The topological polar surface area (TPSA) is 53.4 Å². The van der Waals surface area contributed by atoms with E-state index in [2.05, 4.69) is 89.0 Å². The summed E-state index contributed by atoms with van der Waals surface area (Å²) in [7, 11) is 0. The van der Waals surface area contributed by atoms with Crippen molar-refractivity contribution in [3.63, 3.8) is 0 Å². The molecule has 3 aromatic rings. The molecule has 4 atom stereocenters. The van der Waals surface area contributed by atoms with Crippen LogP contribution in [0.5, 0.6) is 0 Å². The van der Waals surface area contributed by atoms with E-state index in [4.69, 9.17) is 0 Å². The summed E-state index contributed by atoms with van der Waals surface area (Å²) < 4.78 is 0. The molecule has 0 spiro atoms. The summed E-state index contributed by atoms with van der Waals surface area (Å²) in [6.07, 6.45) is 4.43. The number of rotatable bonds is 2. The summed E-state index contributed by atoms with van der Waals surface area (Å²) >= 11 is 0. The molecule has 4 heteroatoms. The van der Waals surface area contributed by atoms with Crippen LogP contribution in [-0.4, -0.2) is 27.4 Å². The quantitative estimate of drug-likeness (QED) is 0.312. The van der Waals surface area contributed by atoms with Gasteiger partial charge in [0.05, 0.1) is 12.2 Å². The van der Waals surface area contributed by atoms with Gasteiger partial charge < -0.3 is 15.2 Å². The fourth-order valence-electron chi connectivity index (χ4n) is 5.90. The maximum atomic E-state index is 9.94. The Balaban J connectivity index is 0.000000212.